The van der Waals surface area contributed by atoms with Crippen LogP contribution in [0.5, 0.6) is 5.75 Å². The maximum absolute atomic E-state index is 12.2. The van der Waals surface area contributed by atoms with Gasteiger partial charge in [-0.1, -0.05) is 30.3 Å². The summed E-state index contributed by atoms with van der Waals surface area (Å²) in [6.45, 7) is 0. The molecule has 0 fully saturated rings. The van der Waals surface area contributed by atoms with Crippen LogP contribution in [0.2, 0.25) is 0 Å². The van der Waals surface area contributed by atoms with E-state index in [0.717, 1.165) is 23.1 Å². The summed E-state index contributed by atoms with van der Waals surface area (Å²) in [6.07, 6.45) is 1.86. The smallest absolute Gasteiger partial charge is 0.241 e. The van der Waals surface area contributed by atoms with Crippen molar-refractivity contribution in [3.05, 3.63) is 59.7 Å². The third kappa shape index (κ3) is 6.16. The van der Waals surface area contributed by atoms with Gasteiger partial charge < -0.3 is 15.8 Å². The molecule has 0 heterocycles. The van der Waals surface area contributed by atoms with Gasteiger partial charge in [-0.05, 0) is 30.2 Å². The van der Waals surface area contributed by atoms with Gasteiger partial charge in [-0.2, -0.15) is 0 Å². The number of nitrogens with one attached hydrogen (secondary N) is 1. The average molecular weight is 376 g/mol. The molecular weight excluding hydrogens is 352 g/mol. The van der Waals surface area contributed by atoms with Crippen molar-refractivity contribution in [1.82, 2.24) is 0 Å². The zero-order chi connectivity index (χ0) is 19.2. The summed E-state index contributed by atoms with van der Waals surface area (Å²) < 4.78 is 27.8. The molecule has 0 saturated heterocycles. The number of benzene rings is 2. The molecule has 2 rings (SSSR count). The highest BCUT2D eigenvalue weighted by Gasteiger charge is 2.17. The summed E-state index contributed by atoms with van der Waals surface area (Å²) in [7, 11) is -1.55. The number of anilines is 1. The molecule has 3 N–H and O–H groups in total. The number of hydrogen-bond acceptors (Lipinski definition) is 5. The standard InChI is InChI=1S/C19H24N2O4S/c1-25-18-9-8-16(13-15(18)12-14-6-4-3-5-7-14)21-19(22)17(20)10-11-26(2,23)24/h3-9,13,17H,10-12,20H2,1-2H3,(H,21,22). The zero-order valence-corrected chi connectivity index (χ0v) is 15.8. The first-order valence-corrected chi connectivity index (χ1v) is 10.3. The predicted molar refractivity (Wildman–Crippen MR) is 103 cm³/mol. The second kappa shape index (κ2) is 8.82. The van der Waals surface area contributed by atoms with E-state index in [9.17, 15) is 13.2 Å². The fraction of sp³-hybridized carbons (Fsp3) is 0.316. The number of nitrogens with two attached hydrogens (primary N) is 1. The van der Waals surface area contributed by atoms with Crippen LogP contribution in [0, 0.1) is 0 Å². The Hall–Kier alpha value is -2.38. The Morgan fingerprint density at radius 1 is 1.19 bits per heavy atom. The highest BCUT2D eigenvalue weighted by atomic mass is 32.2. The van der Waals surface area contributed by atoms with Crippen LogP contribution in [0.4, 0.5) is 5.69 Å². The van der Waals surface area contributed by atoms with E-state index < -0.39 is 21.8 Å². The molecule has 6 nitrogen and oxygen atoms in total. The maximum atomic E-state index is 12.2. The second-order valence-electron chi connectivity index (χ2n) is 6.20. The Kier molecular flexibility index (Phi) is 6.76. The van der Waals surface area contributed by atoms with E-state index in [2.05, 4.69) is 5.32 Å². The van der Waals surface area contributed by atoms with E-state index >= 15 is 0 Å². The van der Waals surface area contributed by atoms with Gasteiger partial charge in [-0.15, -0.1) is 0 Å². The molecule has 0 spiro atoms. The number of hydrogen-bond donors (Lipinski definition) is 2. The highest BCUT2D eigenvalue weighted by Crippen LogP contribution is 2.25. The Labute approximate surface area is 154 Å². The molecule has 7 heteroatoms. The molecule has 0 radical (unpaired) electrons. The zero-order valence-electron chi connectivity index (χ0n) is 14.9. The fourth-order valence-electron chi connectivity index (χ4n) is 2.52. The van der Waals surface area contributed by atoms with Crippen molar-refractivity contribution in [3.63, 3.8) is 0 Å². The third-order valence-electron chi connectivity index (χ3n) is 3.92. The van der Waals surface area contributed by atoms with Gasteiger partial charge in [0.2, 0.25) is 5.91 Å². The molecule has 1 unspecified atom stereocenters. The van der Waals surface area contributed by atoms with Gasteiger partial charge in [-0.25, -0.2) is 8.42 Å². The predicted octanol–water partition coefficient (Wildman–Crippen LogP) is 1.99. The fourth-order valence-corrected chi connectivity index (χ4v) is 3.20. The number of rotatable bonds is 8. The molecule has 0 aliphatic carbocycles. The monoisotopic (exact) mass is 376 g/mol. The second-order valence-corrected chi connectivity index (χ2v) is 8.46. The van der Waals surface area contributed by atoms with Gasteiger partial charge >= 0.3 is 0 Å². The number of sulfone groups is 1. The van der Waals surface area contributed by atoms with Gasteiger partial charge in [0.1, 0.15) is 15.6 Å². The number of carbonyl (C=O) groups is 1. The Bertz CT molecular complexity index is 851. The molecule has 1 atom stereocenters. The lowest BCUT2D eigenvalue weighted by atomic mass is 10.0. The molecule has 26 heavy (non-hydrogen) atoms. The van der Waals surface area contributed by atoms with E-state index in [1.54, 1.807) is 19.2 Å². The Morgan fingerprint density at radius 3 is 2.50 bits per heavy atom. The normalized spacial score (nSPS) is 12.4. The van der Waals surface area contributed by atoms with Crippen LogP contribution in [-0.4, -0.2) is 39.5 Å². The quantitative estimate of drug-likeness (QED) is 0.734. The SMILES string of the molecule is COc1ccc(NC(=O)C(N)CCS(C)(=O)=O)cc1Cc1ccccc1. The summed E-state index contributed by atoms with van der Waals surface area (Å²) in [4.78, 5) is 12.2. The van der Waals surface area contributed by atoms with Gasteiger partial charge in [-0.3, -0.25) is 4.79 Å². The molecule has 0 aliphatic rings. The maximum Gasteiger partial charge on any atom is 0.241 e. The van der Waals surface area contributed by atoms with Crippen molar-refractivity contribution < 1.29 is 17.9 Å². The van der Waals surface area contributed by atoms with E-state index in [0.29, 0.717) is 12.1 Å². The Morgan fingerprint density at radius 2 is 1.88 bits per heavy atom. The summed E-state index contributed by atoms with van der Waals surface area (Å²) in [5.41, 5.74) is 8.44. The van der Waals surface area contributed by atoms with Crippen LogP contribution >= 0.6 is 0 Å². The topological polar surface area (TPSA) is 98.5 Å². The van der Waals surface area contributed by atoms with Gasteiger partial charge in [0.25, 0.3) is 0 Å². The van der Waals surface area contributed by atoms with E-state index in [1.165, 1.54) is 0 Å². The summed E-state index contributed by atoms with van der Waals surface area (Å²) in [5, 5.41) is 2.74. The van der Waals surface area contributed by atoms with Crippen LogP contribution in [0.25, 0.3) is 0 Å². The molecule has 0 aromatic heterocycles. The van der Waals surface area contributed by atoms with Crippen LogP contribution in [-0.2, 0) is 21.1 Å². The molecular formula is C19H24N2O4S. The highest BCUT2D eigenvalue weighted by molar-refractivity contribution is 7.90. The van der Waals surface area contributed by atoms with Gasteiger partial charge in [0, 0.05) is 23.9 Å². The van der Waals surface area contributed by atoms with E-state index in [1.807, 2.05) is 36.4 Å². The number of amides is 1. The van der Waals surface area contributed by atoms with E-state index in [-0.39, 0.29) is 12.2 Å². The average Bonchev–Trinajstić information content (AvgIpc) is 2.60. The lowest BCUT2D eigenvalue weighted by Gasteiger charge is -2.14. The number of methoxy groups -OCH3 is 1. The van der Waals surface area contributed by atoms with Crippen LogP contribution in [0.1, 0.15) is 17.5 Å². The molecule has 0 aliphatic heterocycles. The number of carbonyl (C=O) groups excluding carboxylic acids is 1. The third-order valence-corrected chi connectivity index (χ3v) is 4.90. The minimum Gasteiger partial charge on any atom is -0.496 e. The summed E-state index contributed by atoms with van der Waals surface area (Å²) in [6, 6.07) is 14.4. The lowest BCUT2D eigenvalue weighted by Crippen LogP contribution is -2.37. The largest absolute Gasteiger partial charge is 0.496 e. The first kappa shape index (κ1) is 19.9. The summed E-state index contributed by atoms with van der Waals surface area (Å²) in [5.74, 6) is 0.196. The minimum absolute atomic E-state index is 0.0810. The molecule has 0 saturated carbocycles. The van der Waals surface area contributed by atoms with Crippen molar-refractivity contribution in [3.8, 4) is 5.75 Å². The summed E-state index contributed by atoms with van der Waals surface area (Å²) >= 11 is 0. The molecule has 2 aromatic rings. The van der Waals surface area contributed by atoms with Crippen LogP contribution in [0.15, 0.2) is 48.5 Å². The van der Waals surface area contributed by atoms with Crippen molar-refractivity contribution in [2.75, 3.05) is 24.4 Å². The van der Waals surface area contributed by atoms with Crippen molar-refractivity contribution in [2.45, 2.75) is 18.9 Å². The molecule has 140 valence electrons. The number of ether oxygens (including phenoxy) is 1. The molecule has 0 bridgehead atoms. The van der Waals surface area contributed by atoms with Gasteiger partial charge in [0.15, 0.2) is 0 Å². The Balaban J connectivity index is 2.10. The van der Waals surface area contributed by atoms with Crippen LogP contribution < -0.4 is 15.8 Å². The lowest BCUT2D eigenvalue weighted by molar-refractivity contribution is -0.117. The minimum atomic E-state index is -3.15. The first-order chi connectivity index (χ1) is 12.3. The van der Waals surface area contributed by atoms with Crippen LogP contribution in [0.3, 0.4) is 0 Å². The molecule has 1 amide bonds. The first-order valence-electron chi connectivity index (χ1n) is 8.23. The molecule has 2 aromatic carbocycles. The van der Waals surface area contributed by atoms with Crippen molar-refractivity contribution in [1.29, 1.82) is 0 Å². The van der Waals surface area contributed by atoms with E-state index in [4.69, 9.17) is 10.5 Å². The van der Waals surface area contributed by atoms with Crippen molar-refractivity contribution in [2.24, 2.45) is 5.73 Å². The van der Waals surface area contributed by atoms with Gasteiger partial charge in [0.05, 0.1) is 18.9 Å². The van der Waals surface area contributed by atoms with Crippen molar-refractivity contribution >= 4 is 21.4 Å².